The minimum absolute atomic E-state index is 0.0816. The molecule has 3 nitrogen and oxygen atoms in total. The minimum atomic E-state index is -0.122. The zero-order valence-corrected chi connectivity index (χ0v) is 10.7. The number of nitrogens with one attached hydrogen (secondary N) is 1. The van der Waals surface area contributed by atoms with Crippen molar-refractivity contribution in [3.63, 3.8) is 0 Å². The fourth-order valence-electron chi connectivity index (χ4n) is 1.60. The van der Waals surface area contributed by atoms with Crippen LogP contribution in [0.15, 0.2) is 48.8 Å². The molecule has 1 heterocycles. The smallest absolute Gasteiger partial charge is 0.251 e. The van der Waals surface area contributed by atoms with Gasteiger partial charge in [0.15, 0.2) is 0 Å². The summed E-state index contributed by atoms with van der Waals surface area (Å²) < 4.78 is 0. The molecule has 4 heteroatoms. The number of halogens is 1. The van der Waals surface area contributed by atoms with Crippen LogP contribution < -0.4 is 5.32 Å². The third-order valence-corrected chi connectivity index (χ3v) is 2.89. The van der Waals surface area contributed by atoms with Crippen molar-refractivity contribution in [2.75, 3.05) is 0 Å². The van der Waals surface area contributed by atoms with Gasteiger partial charge in [0.25, 0.3) is 5.91 Å². The van der Waals surface area contributed by atoms with E-state index in [9.17, 15) is 4.79 Å². The van der Waals surface area contributed by atoms with Gasteiger partial charge in [-0.1, -0.05) is 17.7 Å². The van der Waals surface area contributed by atoms with Gasteiger partial charge in [-0.3, -0.25) is 9.78 Å². The zero-order valence-electron chi connectivity index (χ0n) is 9.93. The molecule has 0 bridgehead atoms. The van der Waals surface area contributed by atoms with Gasteiger partial charge < -0.3 is 5.32 Å². The summed E-state index contributed by atoms with van der Waals surface area (Å²) in [6, 6.07) is 10.5. The average Bonchev–Trinajstić information content (AvgIpc) is 2.40. The molecule has 0 aliphatic rings. The Labute approximate surface area is 111 Å². The van der Waals surface area contributed by atoms with Gasteiger partial charge in [0.2, 0.25) is 0 Å². The SMILES string of the molecule is CC(NC(=O)c1ccc(Cl)cc1)c1cccnc1. The van der Waals surface area contributed by atoms with E-state index in [2.05, 4.69) is 10.3 Å². The van der Waals surface area contributed by atoms with Gasteiger partial charge in [-0.15, -0.1) is 0 Å². The number of aromatic nitrogens is 1. The molecule has 0 aliphatic heterocycles. The molecule has 1 amide bonds. The van der Waals surface area contributed by atoms with Crippen molar-refractivity contribution < 1.29 is 4.79 Å². The molecule has 1 aromatic heterocycles. The fourth-order valence-corrected chi connectivity index (χ4v) is 1.72. The van der Waals surface area contributed by atoms with Crippen molar-refractivity contribution in [1.29, 1.82) is 0 Å². The van der Waals surface area contributed by atoms with Gasteiger partial charge in [0.05, 0.1) is 6.04 Å². The Balaban J connectivity index is 2.06. The third kappa shape index (κ3) is 3.08. The molecule has 2 rings (SSSR count). The predicted molar refractivity (Wildman–Crippen MR) is 71.6 cm³/mol. The fraction of sp³-hybridized carbons (Fsp3) is 0.143. The zero-order chi connectivity index (χ0) is 13.0. The number of hydrogen-bond acceptors (Lipinski definition) is 2. The molecule has 0 aliphatic carbocycles. The molecule has 18 heavy (non-hydrogen) atoms. The van der Waals surface area contributed by atoms with Crippen molar-refractivity contribution in [2.45, 2.75) is 13.0 Å². The maximum Gasteiger partial charge on any atom is 0.251 e. The number of nitrogens with zero attached hydrogens (tertiary/aromatic N) is 1. The standard InChI is InChI=1S/C14H13ClN2O/c1-10(12-3-2-8-16-9-12)17-14(18)11-4-6-13(15)7-5-11/h2-10H,1H3,(H,17,18). The lowest BCUT2D eigenvalue weighted by atomic mass is 10.1. The van der Waals surface area contributed by atoms with Gasteiger partial charge in [0, 0.05) is 23.0 Å². The number of rotatable bonds is 3. The topological polar surface area (TPSA) is 42.0 Å². The van der Waals surface area contributed by atoms with Crippen molar-refractivity contribution in [2.24, 2.45) is 0 Å². The van der Waals surface area contributed by atoms with E-state index < -0.39 is 0 Å². The summed E-state index contributed by atoms with van der Waals surface area (Å²) in [7, 11) is 0. The van der Waals surface area contributed by atoms with Crippen LogP contribution in [0, 0.1) is 0 Å². The molecule has 1 unspecified atom stereocenters. The number of pyridine rings is 1. The molecule has 0 saturated carbocycles. The van der Waals surface area contributed by atoms with E-state index in [0.29, 0.717) is 10.6 Å². The lowest BCUT2D eigenvalue weighted by Crippen LogP contribution is -2.26. The second kappa shape index (κ2) is 5.65. The predicted octanol–water partition coefficient (Wildman–Crippen LogP) is 3.23. The monoisotopic (exact) mass is 260 g/mol. The largest absolute Gasteiger partial charge is 0.345 e. The van der Waals surface area contributed by atoms with E-state index in [0.717, 1.165) is 5.56 Å². The first kappa shape index (κ1) is 12.6. The van der Waals surface area contributed by atoms with Crippen molar-refractivity contribution in [1.82, 2.24) is 10.3 Å². The first-order valence-electron chi connectivity index (χ1n) is 5.63. The molecular formula is C14H13ClN2O. The van der Waals surface area contributed by atoms with E-state index >= 15 is 0 Å². The molecule has 1 aromatic carbocycles. The van der Waals surface area contributed by atoms with E-state index in [1.54, 1.807) is 36.7 Å². The molecule has 1 atom stereocenters. The Morgan fingerprint density at radius 2 is 2.00 bits per heavy atom. The Kier molecular flexibility index (Phi) is 3.95. The van der Waals surface area contributed by atoms with Crippen LogP contribution in [0.3, 0.4) is 0 Å². The summed E-state index contributed by atoms with van der Waals surface area (Å²) in [5, 5.41) is 3.53. The molecule has 2 aromatic rings. The summed E-state index contributed by atoms with van der Waals surface area (Å²) in [6.07, 6.45) is 3.45. The van der Waals surface area contributed by atoms with Gasteiger partial charge in [-0.25, -0.2) is 0 Å². The van der Waals surface area contributed by atoms with E-state index in [1.165, 1.54) is 0 Å². The minimum Gasteiger partial charge on any atom is -0.345 e. The molecular weight excluding hydrogens is 248 g/mol. The molecule has 0 saturated heterocycles. The normalized spacial score (nSPS) is 11.9. The van der Waals surface area contributed by atoms with Crippen LogP contribution in [0.5, 0.6) is 0 Å². The molecule has 92 valence electrons. The lowest BCUT2D eigenvalue weighted by Gasteiger charge is -2.13. The number of carbonyl (C=O) groups excluding carboxylic acids is 1. The second-order valence-electron chi connectivity index (χ2n) is 3.99. The van der Waals surface area contributed by atoms with Gasteiger partial charge in [-0.2, -0.15) is 0 Å². The van der Waals surface area contributed by atoms with Crippen molar-refractivity contribution in [3.05, 3.63) is 64.9 Å². The number of hydrogen-bond donors (Lipinski definition) is 1. The van der Waals surface area contributed by atoms with Crippen LogP contribution in [-0.2, 0) is 0 Å². The van der Waals surface area contributed by atoms with E-state index in [-0.39, 0.29) is 11.9 Å². The number of benzene rings is 1. The third-order valence-electron chi connectivity index (χ3n) is 2.64. The molecule has 0 fully saturated rings. The van der Waals surface area contributed by atoms with Crippen LogP contribution in [0.2, 0.25) is 5.02 Å². The number of amides is 1. The average molecular weight is 261 g/mol. The summed E-state index contributed by atoms with van der Waals surface area (Å²) in [5.41, 5.74) is 1.56. The summed E-state index contributed by atoms with van der Waals surface area (Å²) in [5.74, 6) is -0.122. The van der Waals surface area contributed by atoms with Gasteiger partial charge in [0.1, 0.15) is 0 Å². The Hall–Kier alpha value is -1.87. The van der Waals surface area contributed by atoms with Crippen LogP contribution in [0.4, 0.5) is 0 Å². The van der Waals surface area contributed by atoms with Gasteiger partial charge in [-0.05, 0) is 42.8 Å². The Morgan fingerprint density at radius 1 is 1.28 bits per heavy atom. The highest BCUT2D eigenvalue weighted by Crippen LogP contribution is 2.13. The highest BCUT2D eigenvalue weighted by Gasteiger charge is 2.11. The summed E-state index contributed by atoms with van der Waals surface area (Å²) in [6.45, 7) is 1.92. The van der Waals surface area contributed by atoms with Crippen molar-refractivity contribution in [3.8, 4) is 0 Å². The maximum atomic E-state index is 12.0. The highest BCUT2D eigenvalue weighted by molar-refractivity contribution is 6.30. The Bertz CT molecular complexity index is 525. The highest BCUT2D eigenvalue weighted by atomic mass is 35.5. The summed E-state index contributed by atoms with van der Waals surface area (Å²) in [4.78, 5) is 16.0. The molecule has 1 N–H and O–H groups in total. The van der Waals surface area contributed by atoms with Crippen LogP contribution in [-0.4, -0.2) is 10.9 Å². The quantitative estimate of drug-likeness (QED) is 0.921. The molecule has 0 spiro atoms. The van der Waals surface area contributed by atoms with E-state index in [4.69, 9.17) is 11.6 Å². The van der Waals surface area contributed by atoms with Crippen molar-refractivity contribution >= 4 is 17.5 Å². The second-order valence-corrected chi connectivity index (χ2v) is 4.42. The Morgan fingerprint density at radius 3 is 2.61 bits per heavy atom. The first-order valence-corrected chi connectivity index (χ1v) is 6.01. The maximum absolute atomic E-state index is 12.0. The summed E-state index contributed by atoms with van der Waals surface area (Å²) >= 11 is 5.78. The first-order chi connectivity index (χ1) is 8.66. The van der Waals surface area contributed by atoms with Crippen LogP contribution >= 0.6 is 11.6 Å². The van der Waals surface area contributed by atoms with E-state index in [1.807, 2.05) is 19.1 Å². The molecule has 0 radical (unpaired) electrons. The van der Waals surface area contributed by atoms with Gasteiger partial charge >= 0.3 is 0 Å². The van der Waals surface area contributed by atoms with Crippen LogP contribution in [0.25, 0.3) is 0 Å². The lowest BCUT2D eigenvalue weighted by molar-refractivity contribution is 0.0940. The number of carbonyl (C=O) groups is 1. The van der Waals surface area contributed by atoms with Crippen LogP contribution in [0.1, 0.15) is 28.9 Å².